The lowest BCUT2D eigenvalue weighted by Gasteiger charge is -2.14. The van der Waals surface area contributed by atoms with Crippen LogP contribution < -0.4 is 0 Å². The Kier molecular flexibility index (Phi) is 3.32. The zero-order valence-corrected chi connectivity index (χ0v) is 12.4. The second kappa shape index (κ2) is 5.61. The van der Waals surface area contributed by atoms with Crippen molar-refractivity contribution in [1.82, 2.24) is 4.98 Å². The fourth-order valence-electron chi connectivity index (χ4n) is 3.05. The van der Waals surface area contributed by atoms with Crippen molar-refractivity contribution >= 4 is 6.08 Å². The number of aromatic nitrogens is 1. The summed E-state index contributed by atoms with van der Waals surface area (Å²) in [5, 5.41) is 0. The van der Waals surface area contributed by atoms with Crippen molar-refractivity contribution in [3.8, 4) is 22.3 Å². The second-order valence-corrected chi connectivity index (χ2v) is 5.60. The summed E-state index contributed by atoms with van der Waals surface area (Å²) in [5.41, 5.74) is 7.53. The van der Waals surface area contributed by atoms with Gasteiger partial charge in [0, 0.05) is 17.5 Å². The molecule has 0 radical (unpaired) electrons. The van der Waals surface area contributed by atoms with E-state index >= 15 is 0 Å². The topological polar surface area (TPSA) is 12.9 Å². The monoisotopic (exact) mass is 283 g/mol. The van der Waals surface area contributed by atoms with Crippen LogP contribution >= 0.6 is 0 Å². The lowest BCUT2D eigenvalue weighted by atomic mass is 9.93. The van der Waals surface area contributed by atoms with Crippen molar-refractivity contribution in [1.29, 1.82) is 0 Å². The Hall–Kier alpha value is -2.67. The number of rotatable bonds is 2. The molecule has 0 fully saturated rings. The number of nitrogens with zero attached hydrogens (tertiary/aromatic N) is 1. The van der Waals surface area contributed by atoms with Crippen LogP contribution in [0.3, 0.4) is 0 Å². The highest BCUT2D eigenvalue weighted by atomic mass is 14.7. The van der Waals surface area contributed by atoms with E-state index in [1.54, 1.807) is 0 Å². The predicted octanol–water partition coefficient (Wildman–Crippen LogP) is 5.38. The molecule has 0 spiro atoms. The van der Waals surface area contributed by atoms with Gasteiger partial charge in [0.05, 0.1) is 0 Å². The molecule has 1 nitrogen and oxygen atoms in total. The molecule has 1 aliphatic carbocycles. The number of hydrogen-bond donors (Lipinski definition) is 0. The average molecular weight is 283 g/mol. The molecule has 2 aromatic carbocycles. The first-order valence-electron chi connectivity index (χ1n) is 7.72. The number of aryl methyl sites for hydroxylation is 1. The van der Waals surface area contributed by atoms with Gasteiger partial charge in [0.1, 0.15) is 0 Å². The third kappa shape index (κ3) is 2.35. The van der Waals surface area contributed by atoms with Gasteiger partial charge in [-0.15, -0.1) is 0 Å². The van der Waals surface area contributed by atoms with Crippen LogP contribution in [0.2, 0.25) is 0 Å². The number of allylic oxidation sites excluding steroid dienone is 1. The van der Waals surface area contributed by atoms with E-state index in [1.807, 2.05) is 12.3 Å². The maximum absolute atomic E-state index is 4.52. The predicted molar refractivity (Wildman–Crippen MR) is 92.5 cm³/mol. The Morgan fingerprint density at radius 2 is 1.45 bits per heavy atom. The van der Waals surface area contributed by atoms with E-state index in [2.05, 4.69) is 71.7 Å². The van der Waals surface area contributed by atoms with E-state index in [1.165, 1.54) is 33.5 Å². The number of hydrogen-bond acceptors (Lipinski definition) is 1. The summed E-state index contributed by atoms with van der Waals surface area (Å²) < 4.78 is 0. The van der Waals surface area contributed by atoms with Crippen molar-refractivity contribution in [2.75, 3.05) is 0 Å². The molecular weight excluding hydrogens is 266 g/mol. The van der Waals surface area contributed by atoms with Crippen molar-refractivity contribution in [2.45, 2.75) is 12.8 Å². The number of pyridine rings is 1. The van der Waals surface area contributed by atoms with Gasteiger partial charge in [0.25, 0.3) is 0 Å². The van der Waals surface area contributed by atoms with Gasteiger partial charge in [-0.05, 0) is 41.2 Å². The van der Waals surface area contributed by atoms with Crippen molar-refractivity contribution in [2.24, 2.45) is 0 Å². The summed E-state index contributed by atoms with van der Waals surface area (Å²) in [6, 6.07) is 21.4. The fraction of sp³-hybridized carbons (Fsp3) is 0.0952. The quantitative estimate of drug-likeness (QED) is 0.615. The van der Waals surface area contributed by atoms with E-state index < -0.39 is 0 Å². The smallest absolute Gasteiger partial charge is 0.0485 e. The molecule has 0 bridgehead atoms. The minimum absolute atomic E-state index is 1.04. The molecule has 3 aromatic rings. The van der Waals surface area contributed by atoms with Crippen LogP contribution in [0.4, 0.5) is 0 Å². The van der Waals surface area contributed by atoms with Crippen LogP contribution in [0.15, 0.2) is 72.9 Å². The number of fused-ring (bicyclic) bond motifs is 1. The Balaban J connectivity index is 1.75. The molecule has 0 amide bonds. The summed E-state index contributed by atoms with van der Waals surface area (Å²) in [7, 11) is 0. The molecule has 0 N–H and O–H groups in total. The minimum atomic E-state index is 1.04. The van der Waals surface area contributed by atoms with Crippen LogP contribution in [-0.2, 0) is 6.42 Å². The summed E-state index contributed by atoms with van der Waals surface area (Å²) in [6.45, 7) is 0. The molecule has 0 saturated heterocycles. The average Bonchev–Trinajstić information content (AvgIpc) is 2.62. The van der Waals surface area contributed by atoms with E-state index in [0.717, 1.165) is 12.8 Å². The lowest BCUT2D eigenvalue weighted by Crippen LogP contribution is -1.99. The van der Waals surface area contributed by atoms with E-state index in [0.29, 0.717) is 0 Å². The molecule has 1 heteroatoms. The summed E-state index contributed by atoms with van der Waals surface area (Å²) in [4.78, 5) is 4.52. The molecule has 0 atom stereocenters. The van der Waals surface area contributed by atoms with Crippen LogP contribution in [0, 0.1) is 0 Å². The SMILES string of the molecule is C1=Cc2c(-c3ccc(-c4ccccc4)cc3)ccnc2CC1. The first-order valence-corrected chi connectivity index (χ1v) is 7.72. The molecule has 0 saturated carbocycles. The Morgan fingerprint density at radius 1 is 0.727 bits per heavy atom. The first kappa shape index (κ1) is 13.0. The molecule has 1 aromatic heterocycles. The summed E-state index contributed by atoms with van der Waals surface area (Å²) >= 11 is 0. The van der Waals surface area contributed by atoms with E-state index in [4.69, 9.17) is 0 Å². The van der Waals surface area contributed by atoms with Gasteiger partial charge in [0.15, 0.2) is 0 Å². The zero-order valence-electron chi connectivity index (χ0n) is 12.4. The van der Waals surface area contributed by atoms with Gasteiger partial charge in [-0.25, -0.2) is 0 Å². The van der Waals surface area contributed by atoms with Crippen molar-refractivity contribution in [3.63, 3.8) is 0 Å². The highest BCUT2D eigenvalue weighted by molar-refractivity contribution is 5.78. The molecule has 0 aliphatic heterocycles. The van der Waals surface area contributed by atoms with Crippen molar-refractivity contribution in [3.05, 3.63) is 84.2 Å². The maximum atomic E-state index is 4.52. The maximum Gasteiger partial charge on any atom is 0.0485 e. The molecular formula is C21H17N. The Morgan fingerprint density at radius 3 is 2.27 bits per heavy atom. The van der Waals surface area contributed by atoms with Gasteiger partial charge >= 0.3 is 0 Å². The van der Waals surface area contributed by atoms with E-state index in [-0.39, 0.29) is 0 Å². The minimum Gasteiger partial charge on any atom is -0.261 e. The van der Waals surface area contributed by atoms with Crippen LogP contribution in [0.1, 0.15) is 17.7 Å². The highest BCUT2D eigenvalue weighted by Gasteiger charge is 2.11. The van der Waals surface area contributed by atoms with Crippen LogP contribution in [-0.4, -0.2) is 4.98 Å². The Labute approximate surface area is 131 Å². The van der Waals surface area contributed by atoms with Gasteiger partial charge in [0.2, 0.25) is 0 Å². The molecule has 22 heavy (non-hydrogen) atoms. The lowest BCUT2D eigenvalue weighted by molar-refractivity contribution is 0.928. The fourth-order valence-corrected chi connectivity index (χ4v) is 3.05. The van der Waals surface area contributed by atoms with E-state index in [9.17, 15) is 0 Å². The molecule has 106 valence electrons. The van der Waals surface area contributed by atoms with Gasteiger partial charge in [-0.3, -0.25) is 4.98 Å². The van der Waals surface area contributed by atoms with Crippen molar-refractivity contribution < 1.29 is 0 Å². The summed E-state index contributed by atoms with van der Waals surface area (Å²) in [5.74, 6) is 0. The van der Waals surface area contributed by atoms with Crippen LogP contribution in [0.25, 0.3) is 28.3 Å². The molecule has 4 rings (SSSR count). The Bertz CT molecular complexity index is 814. The largest absolute Gasteiger partial charge is 0.261 e. The first-order chi connectivity index (χ1) is 10.9. The zero-order chi connectivity index (χ0) is 14.8. The summed E-state index contributed by atoms with van der Waals surface area (Å²) in [6.07, 6.45) is 8.52. The van der Waals surface area contributed by atoms with Crippen LogP contribution in [0.5, 0.6) is 0 Å². The molecule has 1 heterocycles. The van der Waals surface area contributed by atoms with Gasteiger partial charge < -0.3 is 0 Å². The third-order valence-electron chi connectivity index (χ3n) is 4.21. The third-order valence-corrected chi connectivity index (χ3v) is 4.21. The highest BCUT2D eigenvalue weighted by Crippen LogP contribution is 2.31. The van der Waals surface area contributed by atoms with Gasteiger partial charge in [-0.1, -0.05) is 66.7 Å². The number of benzene rings is 2. The second-order valence-electron chi connectivity index (χ2n) is 5.60. The normalized spacial score (nSPS) is 12.9. The standard InChI is InChI=1S/C21H17N/c1-2-6-16(7-3-1)17-10-12-18(13-11-17)19-14-15-22-21-9-5-4-8-20(19)21/h1-4,6-8,10-15H,5,9H2. The molecule has 1 aliphatic rings. The van der Waals surface area contributed by atoms with Gasteiger partial charge in [-0.2, -0.15) is 0 Å². The molecule has 0 unspecified atom stereocenters.